The Morgan fingerprint density at radius 3 is 2.81 bits per heavy atom. The molecule has 2 aromatic rings. The van der Waals surface area contributed by atoms with E-state index in [4.69, 9.17) is 5.11 Å². The van der Waals surface area contributed by atoms with E-state index in [1.54, 1.807) is 49.9 Å². The molecule has 0 radical (unpaired) electrons. The van der Waals surface area contributed by atoms with Gasteiger partial charge in [-0.3, -0.25) is 9.78 Å². The molecule has 0 aliphatic rings. The summed E-state index contributed by atoms with van der Waals surface area (Å²) in [6, 6.07) is 6.95. The second kappa shape index (κ2) is 7.17. The van der Waals surface area contributed by atoms with E-state index in [-0.39, 0.29) is 12.5 Å². The molecule has 0 saturated heterocycles. The third-order valence-electron chi connectivity index (χ3n) is 2.79. The average molecular weight is 281 g/mol. The normalized spacial score (nSPS) is 9.62. The smallest absolute Gasteiger partial charge is 0.276 e. The minimum atomic E-state index is -0.210. The van der Waals surface area contributed by atoms with Crippen molar-refractivity contribution in [3.8, 4) is 11.8 Å². The number of carbonyl (C=O) groups is 1. The monoisotopic (exact) mass is 281 g/mol. The van der Waals surface area contributed by atoms with Crippen LogP contribution in [0, 0.1) is 11.8 Å². The molecule has 1 N–H and O–H groups in total. The fourth-order valence-electron chi connectivity index (χ4n) is 1.66. The van der Waals surface area contributed by atoms with Crippen molar-refractivity contribution < 1.29 is 9.90 Å². The molecule has 106 valence electrons. The number of carbonyl (C=O) groups excluding carboxylic acids is 1. The van der Waals surface area contributed by atoms with Crippen molar-refractivity contribution in [3.63, 3.8) is 0 Å². The highest BCUT2D eigenvalue weighted by molar-refractivity contribution is 6.04. The number of aliphatic hydroxyl groups is 1. The third kappa shape index (κ3) is 3.88. The first-order valence-electron chi connectivity index (χ1n) is 6.46. The van der Waals surface area contributed by atoms with Crippen LogP contribution in [0.25, 0.3) is 0 Å². The maximum absolute atomic E-state index is 12.3. The first-order valence-corrected chi connectivity index (χ1v) is 6.46. The summed E-state index contributed by atoms with van der Waals surface area (Å²) < 4.78 is 0. The zero-order chi connectivity index (χ0) is 15.1. The lowest BCUT2D eigenvalue weighted by molar-refractivity contribution is 0.0988. The predicted octanol–water partition coefficient (Wildman–Crippen LogP) is 1.49. The number of rotatable bonds is 3. The summed E-state index contributed by atoms with van der Waals surface area (Å²) in [6.07, 6.45) is 5.24. The van der Waals surface area contributed by atoms with Crippen molar-refractivity contribution in [2.75, 3.05) is 18.6 Å². The highest BCUT2D eigenvalue weighted by Gasteiger charge is 2.14. The molecule has 21 heavy (non-hydrogen) atoms. The van der Waals surface area contributed by atoms with Gasteiger partial charge >= 0.3 is 0 Å². The van der Waals surface area contributed by atoms with Gasteiger partial charge in [0.2, 0.25) is 0 Å². The molecule has 2 rings (SSSR count). The van der Waals surface area contributed by atoms with Crippen molar-refractivity contribution in [1.29, 1.82) is 0 Å². The van der Waals surface area contributed by atoms with Gasteiger partial charge in [0.05, 0.1) is 18.5 Å². The van der Waals surface area contributed by atoms with Crippen LogP contribution in [0.4, 0.5) is 5.69 Å². The molecule has 2 heterocycles. The van der Waals surface area contributed by atoms with Crippen LogP contribution in [0.2, 0.25) is 0 Å². The summed E-state index contributed by atoms with van der Waals surface area (Å²) in [5.41, 5.74) is 1.76. The minimum absolute atomic E-state index is 0.0346. The lowest BCUT2D eigenvalue weighted by Gasteiger charge is -2.16. The fraction of sp³-hybridized carbons (Fsp3) is 0.188. The number of aromatic nitrogens is 2. The van der Waals surface area contributed by atoms with Gasteiger partial charge in [-0.2, -0.15) is 0 Å². The zero-order valence-electron chi connectivity index (χ0n) is 11.7. The van der Waals surface area contributed by atoms with Gasteiger partial charge in [-0.05, 0) is 24.3 Å². The van der Waals surface area contributed by atoms with Gasteiger partial charge in [-0.15, -0.1) is 0 Å². The molecule has 0 aliphatic heterocycles. The predicted molar refractivity (Wildman–Crippen MR) is 79.8 cm³/mol. The van der Waals surface area contributed by atoms with E-state index in [0.717, 1.165) is 0 Å². The van der Waals surface area contributed by atoms with E-state index >= 15 is 0 Å². The summed E-state index contributed by atoms with van der Waals surface area (Å²) in [5, 5.41) is 8.66. The van der Waals surface area contributed by atoms with Gasteiger partial charge in [0.15, 0.2) is 0 Å². The Morgan fingerprint density at radius 2 is 2.19 bits per heavy atom. The van der Waals surface area contributed by atoms with Gasteiger partial charge in [-0.1, -0.05) is 11.8 Å². The van der Waals surface area contributed by atoms with Crippen LogP contribution < -0.4 is 4.90 Å². The quantitative estimate of drug-likeness (QED) is 0.866. The summed E-state index contributed by atoms with van der Waals surface area (Å²) in [5.74, 6) is 5.46. The zero-order valence-corrected chi connectivity index (χ0v) is 11.7. The van der Waals surface area contributed by atoms with Gasteiger partial charge in [0.1, 0.15) is 5.69 Å². The number of hydrogen-bond donors (Lipinski definition) is 1. The molecule has 1 amide bonds. The topological polar surface area (TPSA) is 66.3 Å². The first-order chi connectivity index (χ1) is 10.2. The molecule has 2 aromatic heterocycles. The lowest BCUT2D eigenvalue weighted by atomic mass is 10.2. The summed E-state index contributed by atoms with van der Waals surface area (Å²) in [7, 11) is 1.68. The Hall–Kier alpha value is -2.71. The molecule has 0 aliphatic carbocycles. The largest absolute Gasteiger partial charge is 0.395 e. The van der Waals surface area contributed by atoms with Gasteiger partial charge in [0, 0.05) is 31.4 Å². The number of nitrogens with zero attached hydrogens (tertiary/aromatic N) is 3. The van der Waals surface area contributed by atoms with Crippen molar-refractivity contribution in [1.82, 2.24) is 9.97 Å². The van der Waals surface area contributed by atoms with Crippen LogP contribution in [-0.2, 0) is 0 Å². The highest BCUT2D eigenvalue weighted by Crippen LogP contribution is 2.12. The van der Waals surface area contributed by atoms with Gasteiger partial charge in [-0.25, -0.2) is 4.98 Å². The minimum Gasteiger partial charge on any atom is -0.395 e. The molecule has 0 spiro atoms. The molecule has 0 aromatic carbocycles. The van der Waals surface area contributed by atoms with E-state index in [9.17, 15) is 4.79 Å². The Balaban J connectivity index is 2.12. The molecular formula is C16H15N3O2. The Bertz CT molecular complexity index is 657. The molecule has 0 unspecified atom stereocenters. The van der Waals surface area contributed by atoms with E-state index in [0.29, 0.717) is 23.4 Å². The van der Waals surface area contributed by atoms with Crippen molar-refractivity contribution >= 4 is 11.6 Å². The standard InChI is InChI=1S/C16H15N3O2/c1-19(14-6-4-9-17-12-14)16(21)15-8-7-13(11-18-15)5-2-3-10-20/h4,6-9,11-12,20H,3,10H2,1H3. The van der Waals surface area contributed by atoms with E-state index in [1.165, 1.54) is 4.90 Å². The van der Waals surface area contributed by atoms with Crippen molar-refractivity contribution in [2.24, 2.45) is 0 Å². The van der Waals surface area contributed by atoms with Crippen LogP contribution >= 0.6 is 0 Å². The molecule has 0 atom stereocenters. The molecule has 5 nitrogen and oxygen atoms in total. The van der Waals surface area contributed by atoms with Gasteiger partial charge in [0.25, 0.3) is 5.91 Å². The summed E-state index contributed by atoms with van der Waals surface area (Å²) in [4.78, 5) is 21.9. The van der Waals surface area contributed by atoms with Crippen molar-refractivity contribution in [3.05, 3.63) is 54.1 Å². The Morgan fingerprint density at radius 1 is 1.33 bits per heavy atom. The number of amides is 1. The maximum Gasteiger partial charge on any atom is 0.276 e. The summed E-state index contributed by atoms with van der Waals surface area (Å²) >= 11 is 0. The van der Waals surface area contributed by atoms with Crippen LogP contribution in [0.3, 0.4) is 0 Å². The summed E-state index contributed by atoms with van der Waals surface area (Å²) in [6.45, 7) is 0.0346. The molecule has 0 saturated carbocycles. The first kappa shape index (κ1) is 14.7. The van der Waals surface area contributed by atoms with E-state index in [2.05, 4.69) is 21.8 Å². The number of anilines is 1. The van der Waals surface area contributed by atoms with Crippen LogP contribution in [-0.4, -0.2) is 34.6 Å². The SMILES string of the molecule is CN(C(=O)c1ccc(C#CCCO)cn1)c1cccnc1. The number of aliphatic hydroxyl groups excluding tert-OH is 1. The Labute approximate surface area is 123 Å². The lowest BCUT2D eigenvalue weighted by Crippen LogP contribution is -2.27. The molecule has 0 bridgehead atoms. The molecule has 5 heteroatoms. The average Bonchev–Trinajstić information content (AvgIpc) is 2.55. The van der Waals surface area contributed by atoms with Gasteiger partial charge < -0.3 is 10.0 Å². The second-order valence-corrected chi connectivity index (χ2v) is 4.28. The van der Waals surface area contributed by atoms with Crippen LogP contribution in [0.15, 0.2) is 42.9 Å². The molecular weight excluding hydrogens is 266 g/mol. The third-order valence-corrected chi connectivity index (χ3v) is 2.79. The Kier molecular flexibility index (Phi) is 5.02. The van der Waals surface area contributed by atoms with Crippen LogP contribution in [0.1, 0.15) is 22.5 Å². The van der Waals surface area contributed by atoms with E-state index in [1.807, 2.05) is 0 Å². The molecule has 0 fully saturated rings. The van der Waals surface area contributed by atoms with Crippen LogP contribution in [0.5, 0.6) is 0 Å². The van der Waals surface area contributed by atoms with Crippen molar-refractivity contribution in [2.45, 2.75) is 6.42 Å². The maximum atomic E-state index is 12.3. The number of pyridine rings is 2. The fourth-order valence-corrected chi connectivity index (χ4v) is 1.66. The highest BCUT2D eigenvalue weighted by atomic mass is 16.2. The second-order valence-electron chi connectivity index (χ2n) is 4.28. The van der Waals surface area contributed by atoms with E-state index < -0.39 is 0 Å². The number of hydrogen-bond acceptors (Lipinski definition) is 4.